The van der Waals surface area contributed by atoms with Crippen LogP contribution < -0.4 is 14.8 Å². The van der Waals surface area contributed by atoms with Crippen LogP contribution >= 0.6 is 0 Å². The van der Waals surface area contributed by atoms with Gasteiger partial charge in [0.25, 0.3) is 5.91 Å². The van der Waals surface area contributed by atoms with Crippen LogP contribution in [-0.4, -0.2) is 30.7 Å². The molecule has 0 saturated carbocycles. The predicted molar refractivity (Wildman–Crippen MR) is 135 cm³/mol. The molecule has 3 aromatic carbocycles. The van der Waals surface area contributed by atoms with Crippen molar-refractivity contribution in [2.75, 3.05) is 18.5 Å². The summed E-state index contributed by atoms with van der Waals surface area (Å²) in [5, 5.41) is 2.92. The zero-order valence-corrected chi connectivity index (χ0v) is 20.2. The van der Waals surface area contributed by atoms with Crippen LogP contribution in [0.4, 0.5) is 5.69 Å². The van der Waals surface area contributed by atoms with Gasteiger partial charge in [-0.25, -0.2) is 0 Å². The molecule has 1 N–H and O–H groups in total. The van der Waals surface area contributed by atoms with E-state index in [0.29, 0.717) is 34.8 Å². The van der Waals surface area contributed by atoms with E-state index in [0.717, 1.165) is 22.4 Å². The number of allylic oxidation sites excluding steroid dienone is 1. The topological polar surface area (TPSA) is 81.7 Å². The van der Waals surface area contributed by atoms with Crippen LogP contribution in [0.3, 0.4) is 0 Å². The van der Waals surface area contributed by atoms with E-state index in [1.807, 2.05) is 39.8 Å². The molecular formula is C29H27NO5. The van der Waals surface area contributed by atoms with Crippen molar-refractivity contribution in [1.82, 2.24) is 0 Å². The van der Waals surface area contributed by atoms with Crippen molar-refractivity contribution in [3.05, 3.63) is 93.6 Å². The van der Waals surface area contributed by atoms with Crippen molar-refractivity contribution in [3.8, 4) is 11.5 Å². The van der Waals surface area contributed by atoms with E-state index >= 15 is 0 Å². The minimum absolute atomic E-state index is 0.116. The van der Waals surface area contributed by atoms with Gasteiger partial charge in [0.1, 0.15) is 0 Å². The molecule has 1 amide bonds. The number of carbonyl (C=O) groups is 3. The Morgan fingerprint density at radius 2 is 1.49 bits per heavy atom. The lowest BCUT2D eigenvalue weighted by atomic mass is 10.1. The third-order valence-corrected chi connectivity index (χ3v) is 5.78. The van der Waals surface area contributed by atoms with Crippen LogP contribution in [0.2, 0.25) is 0 Å². The highest BCUT2D eigenvalue weighted by atomic mass is 16.5. The van der Waals surface area contributed by atoms with Gasteiger partial charge in [0.15, 0.2) is 29.7 Å². The summed E-state index contributed by atoms with van der Waals surface area (Å²) in [6.45, 7) is 7.95. The quantitative estimate of drug-likeness (QED) is 0.365. The Balaban J connectivity index is 1.51. The summed E-state index contributed by atoms with van der Waals surface area (Å²) in [6.07, 6.45) is 1.56. The molecule has 1 aliphatic carbocycles. The number of hydrogen-bond acceptors (Lipinski definition) is 5. The smallest absolute Gasteiger partial charge is 0.262 e. The molecule has 6 heteroatoms. The molecule has 0 aliphatic heterocycles. The Kier molecular flexibility index (Phi) is 6.82. The van der Waals surface area contributed by atoms with Crippen LogP contribution in [0.15, 0.2) is 60.2 Å². The molecule has 6 nitrogen and oxygen atoms in total. The summed E-state index contributed by atoms with van der Waals surface area (Å²) in [7, 11) is 0. The van der Waals surface area contributed by atoms with E-state index in [1.54, 1.807) is 48.5 Å². The molecule has 4 rings (SSSR count). The van der Waals surface area contributed by atoms with Gasteiger partial charge < -0.3 is 14.8 Å². The number of amides is 1. The number of carbonyl (C=O) groups excluding carboxylic acids is 3. The molecule has 0 saturated heterocycles. The summed E-state index contributed by atoms with van der Waals surface area (Å²) in [4.78, 5) is 37.9. The van der Waals surface area contributed by atoms with Gasteiger partial charge in [-0.05, 0) is 62.6 Å². The standard InChI is InChI=1S/C29H27NO5/c1-5-34-25-15-20(14-23-28(32)21-8-6-7-9-22(21)29(23)33)10-11-24(25)35-16-26(31)30-27-18(3)12-17(2)13-19(27)4/h6-15H,5,16H2,1-4H3,(H,30,31). The number of nitrogens with one attached hydrogen (secondary N) is 1. The molecule has 0 bridgehead atoms. The van der Waals surface area contributed by atoms with Gasteiger partial charge in [0, 0.05) is 16.8 Å². The Bertz CT molecular complexity index is 1310. The van der Waals surface area contributed by atoms with Crippen LogP contribution in [0.1, 0.15) is 49.9 Å². The number of ketones is 2. The average molecular weight is 470 g/mol. The zero-order valence-electron chi connectivity index (χ0n) is 20.2. The number of rotatable bonds is 7. The second kappa shape index (κ2) is 9.97. The Morgan fingerprint density at radius 1 is 0.857 bits per heavy atom. The maximum atomic E-state index is 12.7. The second-order valence-electron chi connectivity index (χ2n) is 8.51. The number of hydrogen-bond donors (Lipinski definition) is 1. The SMILES string of the molecule is CCOc1cc(C=C2C(=O)c3ccccc3C2=O)ccc1OCC(=O)Nc1c(C)cc(C)cc1C. The minimum Gasteiger partial charge on any atom is -0.490 e. The second-order valence-corrected chi connectivity index (χ2v) is 8.51. The number of aryl methyl sites for hydroxylation is 3. The van der Waals surface area contributed by atoms with Gasteiger partial charge in [0.2, 0.25) is 0 Å². The summed E-state index contributed by atoms with van der Waals surface area (Å²) in [6, 6.07) is 15.9. The number of fused-ring (bicyclic) bond motifs is 1. The monoisotopic (exact) mass is 469 g/mol. The van der Waals surface area contributed by atoms with E-state index in [9.17, 15) is 14.4 Å². The van der Waals surface area contributed by atoms with Gasteiger partial charge >= 0.3 is 0 Å². The Labute approximate surface area is 204 Å². The van der Waals surface area contributed by atoms with Crippen LogP contribution in [-0.2, 0) is 4.79 Å². The molecule has 1 aliphatic rings. The first-order valence-corrected chi connectivity index (χ1v) is 11.5. The maximum Gasteiger partial charge on any atom is 0.262 e. The van der Waals surface area contributed by atoms with Gasteiger partial charge in [-0.3, -0.25) is 14.4 Å². The van der Waals surface area contributed by atoms with Gasteiger partial charge in [-0.1, -0.05) is 48.0 Å². The molecule has 0 fully saturated rings. The predicted octanol–water partition coefficient (Wildman–Crippen LogP) is 5.49. The van der Waals surface area contributed by atoms with E-state index in [4.69, 9.17) is 9.47 Å². The number of ether oxygens (including phenoxy) is 2. The lowest BCUT2D eigenvalue weighted by molar-refractivity contribution is -0.118. The normalized spacial score (nSPS) is 12.4. The summed E-state index contributed by atoms with van der Waals surface area (Å²) in [5.74, 6) is -0.0419. The van der Waals surface area contributed by atoms with Crippen LogP contribution in [0.5, 0.6) is 11.5 Å². The highest BCUT2D eigenvalue weighted by Crippen LogP contribution is 2.32. The van der Waals surface area contributed by atoms with Crippen LogP contribution in [0, 0.1) is 20.8 Å². The summed E-state index contributed by atoms with van der Waals surface area (Å²) in [5.41, 5.74) is 5.46. The molecule has 0 spiro atoms. The third kappa shape index (κ3) is 5.01. The van der Waals surface area contributed by atoms with Gasteiger partial charge in [-0.15, -0.1) is 0 Å². The Hall–Kier alpha value is -4.19. The molecule has 35 heavy (non-hydrogen) atoms. The summed E-state index contributed by atoms with van der Waals surface area (Å²) < 4.78 is 11.5. The third-order valence-electron chi connectivity index (χ3n) is 5.78. The number of benzene rings is 3. The lowest BCUT2D eigenvalue weighted by Crippen LogP contribution is -2.21. The van der Waals surface area contributed by atoms with Crippen molar-refractivity contribution in [1.29, 1.82) is 0 Å². The fraction of sp³-hybridized carbons (Fsp3) is 0.207. The van der Waals surface area contributed by atoms with Crippen molar-refractivity contribution in [2.45, 2.75) is 27.7 Å². The highest BCUT2D eigenvalue weighted by molar-refractivity contribution is 6.41. The largest absolute Gasteiger partial charge is 0.490 e. The highest BCUT2D eigenvalue weighted by Gasteiger charge is 2.32. The fourth-order valence-electron chi connectivity index (χ4n) is 4.27. The van der Waals surface area contributed by atoms with Crippen molar-refractivity contribution in [2.24, 2.45) is 0 Å². The van der Waals surface area contributed by atoms with E-state index in [-0.39, 0.29) is 29.7 Å². The maximum absolute atomic E-state index is 12.7. The number of anilines is 1. The first-order chi connectivity index (χ1) is 16.8. The van der Waals surface area contributed by atoms with Crippen molar-refractivity contribution in [3.63, 3.8) is 0 Å². The van der Waals surface area contributed by atoms with Gasteiger partial charge in [-0.2, -0.15) is 0 Å². The van der Waals surface area contributed by atoms with E-state index < -0.39 is 0 Å². The first kappa shape index (κ1) is 24.0. The molecular weight excluding hydrogens is 442 g/mol. The Morgan fingerprint density at radius 3 is 2.09 bits per heavy atom. The van der Waals surface area contributed by atoms with E-state index in [1.165, 1.54) is 0 Å². The molecule has 0 atom stereocenters. The van der Waals surface area contributed by atoms with Crippen LogP contribution in [0.25, 0.3) is 6.08 Å². The van der Waals surface area contributed by atoms with Gasteiger partial charge in [0.05, 0.1) is 12.2 Å². The summed E-state index contributed by atoms with van der Waals surface area (Å²) >= 11 is 0. The molecule has 0 heterocycles. The molecule has 0 aromatic heterocycles. The molecule has 0 unspecified atom stereocenters. The molecule has 178 valence electrons. The van der Waals surface area contributed by atoms with E-state index in [2.05, 4.69) is 5.32 Å². The average Bonchev–Trinajstić information content (AvgIpc) is 3.06. The minimum atomic E-state index is -0.290. The zero-order chi connectivity index (χ0) is 25.1. The molecule has 3 aromatic rings. The van der Waals surface area contributed by atoms with Crippen molar-refractivity contribution < 1.29 is 23.9 Å². The lowest BCUT2D eigenvalue weighted by Gasteiger charge is -2.15. The fourth-order valence-corrected chi connectivity index (χ4v) is 4.27. The molecule has 0 radical (unpaired) electrons. The first-order valence-electron chi connectivity index (χ1n) is 11.5. The number of Topliss-reactive ketones (excluding diaryl/α,β-unsaturated/α-hetero) is 2. The van der Waals surface area contributed by atoms with Crippen molar-refractivity contribution >= 4 is 29.2 Å².